The van der Waals surface area contributed by atoms with Gasteiger partial charge in [-0.15, -0.1) is 0 Å². The molecular weight excluding hydrogens is 360 g/mol. The van der Waals surface area contributed by atoms with Crippen LogP contribution in [0.15, 0.2) is 36.5 Å². The van der Waals surface area contributed by atoms with Crippen molar-refractivity contribution >= 4 is 22.8 Å². The lowest BCUT2D eigenvalue weighted by Crippen LogP contribution is -2.33. The Labute approximate surface area is 165 Å². The van der Waals surface area contributed by atoms with Gasteiger partial charge in [-0.1, -0.05) is 6.92 Å². The van der Waals surface area contributed by atoms with Gasteiger partial charge in [0.25, 0.3) is 0 Å². The lowest BCUT2D eigenvalue weighted by molar-refractivity contribution is -0.134. The fourth-order valence-electron chi connectivity index (χ4n) is 2.81. The summed E-state index contributed by atoms with van der Waals surface area (Å²) in [6.45, 7) is 9.06. The molecule has 0 aliphatic heterocycles. The average Bonchev–Trinajstić information content (AvgIpc) is 3.05. The number of H-pyrrole nitrogens is 1. The maximum Gasteiger partial charge on any atom is 0.328 e. The Hall–Kier alpha value is -2.80. The summed E-state index contributed by atoms with van der Waals surface area (Å²) in [6.07, 6.45) is 5.53. The normalized spacial score (nSPS) is 11.1. The summed E-state index contributed by atoms with van der Waals surface area (Å²) in [4.78, 5) is 25.0. The second kappa shape index (κ2) is 11.8. The van der Waals surface area contributed by atoms with Gasteiger partial charge in [-0.2, -0.15) is 0 Å². The van der Waals surface area contributed by atoms with Gasteiger partial charge in [-0.25, -0.2) is 9.59 Å². The number of nitrogens with one attached hydrogen (secondary N) is 1. The van der Waals surface area contributed by atoms with Crippen molar-refractivity contribution in [2.24, 2.45) is 0 Å². The molecule has 0 aliphatic rings. The van der Waals surface area contributed by atoms with Crippen LogP contribution in [0.25, 0.3) is 10.9 Å². The largest absolute Gasteiger partial charge is 0.497 e. The molecule has 7 nitrogen and oxygen atoms in total. The van der Waals surface area contributed by atoms with Gasteiger partial charge in [0.1, 0.15) is 5.75 Å². The molecule has 0 spiro atoms. The molecule has 0 atom stereocenters. The van der Waals surface area contributed by atoms with Gasteiger partial charge < -0.3 is 24.8 Å². The number of rotatable bonds is 9. The maximum absolute atomic E-state index is 9.55. The van der Waals surface area contributed by atoms with Gasteiger partial charge in [0.2, 0.25) is 0 Å². The summed E-state index contributed by atoms with van der Waals surface area (Å²) in [5, 5.41) is 16.9. The van der Waals surface area contributed by atoms with Crippen LogP contribution in [-0.4, -0.2) is 58.3 Å². The first-order valence-electron chi connectivity index (χ1n) is 9.30. The topological polar surface area (TPSA) is 103 Å². The van der Waals surface area contributed by atoms with E-state index in [1.54, 1.807) is 7.11 Å². The molecule has 0 amide bonds. The maximum atomic E-state index is 9.55. The second-order valence-electron chi connectivity index (χ2n) is 6.61. The van der Waals surface area contributed by atoms with E-state index in [1.807, 2.05) is 6.07 Å². The molecule has 0 bridgehead atoms. The molecule has 154 valence electrons. The molecule has 0 aliphatic carbocycles. The van der Waals surface area contributed by atoms with Crippen LogP contribution in [0.3, 0.4) is 0 Å². The highest BCUT2D eigenvalue weighted by Crippen LogP contribution is 2.24. The molecule has 1 aromatic carbocycles. The molecule has 0 radical (unpaired) electrons. The SMILES string of the molecule is CCCN(CCc1c[nH]c2ccc(OC)cc12)C(C)C.O=C(O)/C=C/C(=O)O. The van der Waals surface area contributed by atoms with E-state index in [9.17, 15) is 9.59 Å². The molecule has 2 aromatic rings. The van der Waals surface area contributed by atoms with Crippen molar-refractivity contribution in [3.63, 3.8) is 0 Å². The smallest absolute Gasteiger partial charge is 0.328 e. The quantitative estimate of drug-likeness (QED) is 0.566. The number of ether oxygens (including phenoxy) is 1. The summed E-state index contributed by atoms with van der Waals surface area (Å²) in [6, 6.07) is 6.82. The number of aromatic nitrogens is 1. The summed E-state index contributed by atoms with van der Waals surface area (Å²) in [5.41, 5.74) is 2.56. The van der Waals surface area contributed by atoms with E-state index in [-0.39, 0.29) is 0 Å². The Bertz CT molecular complexity index is 779. The van der Waals surface area contributed by atoms with E-state index in [1.165, 1.54) is 29.4 Å². The van der Waals surface area contributed by atoms with E-state index in [4.69, 9.17) is 14.9 Å². The predicted octanol–water partition coefficient (Wildman–Crippen LogP) is 3.55. The second-order valence-corrected chi connectivity index (χ2v) is 6.61. The summed E-state index contributed by atoms with van der Waals surface area (Å²) in [7, 11) is 1.72. The molecule has 0 saturated carbocycles. The minimum Gasteiger partial charge on any atom is -0.497 e. The van der Waals surface area contributed by atoms with Crippen LogP contribution in [0.5, 0.6) is 5.75 Å². The molecule has 0 fully saturated rings. The van der Waals surface area contributed by atoms with Crippen LogP contribution in [0.2, 0.25) is 0 Å². The molecule has 1 aromatic heterocycles. The zero-order chi connectivity index (χ0) is 21.1. The molecule has 0 saturated heterocycles. The number of carboxylic acids is 2. The summed E-state index contributed by atoms with van der Waals surface area (Å²) in [5.74, 6) is -1.59. The van der Waals surface area contributed by atoms with E-state index >= 15 is 0 Å². The Morgan fingerprint density at radius 1 is 1.18 bits per heavy atom. The third kappa shape index (κ3) is 7.84. The molecular formula is C21H30N2O5. The number of aromatic amines is 1. The van der Waals surface area contributed by atoms with Gasteiger partial charge in [0, 0.05) is 41.8 Å². The van der Waals surface area contributed by atoms with E-state index in [0.29, 0.717) is 18.2 Å². The van der Waals surface area contributed by atoms with E-state index in [0.717, 1.165) is 18.7 Å². The fraction of sp³-hybridized carbons (Fsp3) is 0.429. The van der Waals surface area contributed by atoms with Crippen LogP contribution in [0, 0.1) is 0 Å². The van der Waals surface area contributed by atoms with Crippen LogP contribution < -0.4 is 4.74 Å². The number of methoxy groups -OCH3 is 1. The van der Waals surface area contributed by atoms with Crippen molar-refractivity contribution in [3.05, 3.63) is 42.1 Å². The van der Waals surface area contributed by atoms with E-state index in [2.05, 4.69) is 49.0 Å². The van der Waals surface area contributed by atoms with Crippen LogP contribution >= 0.6 is 0 Å². The minimum absolute atomic E-state index is 0.558. The lowest BCUT2D eigenvalue weighted by Gasteiger charge is -2.25. The van der Waals surface area contributed by atoms with Crippen molar-refractivity contribution in [2.45, 2.75) is 39.7 Å². The molecule has 0 unspecified atom stereocenters. The average molecular weight is 390 g/mol. The monoisotopic (exact) mass is 390 g/mol. The number of carboxylic acid groups (broad SMARTS) is 2. The zero-order valence-corrected chi connectivity index (χ0v) is 16.9. The standard InChI is InChI=1S/C17H26N2O.C4H4O4/c1-5-9-19(13(2)3)10-8-14-12-18-17-7-6-15(20-4)11-16(14)17;5-3(6)1-2-4(7)8/h6-7,11-13,18H,5,8-10H2,1-4H3;1-2H,(H,5,6)(H,7,8)/b;2-1+. The number of hydrogen-bond acceptors (Lipinski definition) is 4. The predicted molar refractivity (Wildman–Crippen MR) is 110 cm³/mol. The first kappa shape index (κ1) is 23.2. The summed E-state index contributed by atoms with van der Waals surface area (Å²) >= 11 is 0. The molecule has 2 rings (SSSR count). The van der Waals surface area contributed by atoms with Crippen LogP contribution in [0.1, 0.15) is 32.8 Å². The summed E-state index contributed by atoms with van der Waals surface area (Å²) < 4.78 is 5.32. The van der Waals surface area contributed by atoms with Gasteiger partial charge in [0.15, 0.2) is 0 Å². The third-order valence-corrected chi connectivity index (χ3v) is 4.25. The van der Waals surface area contributed by atoms with E-state index < -0.39 is 11.9 Å². The number of benzene rings is 1. The number of aliphatic carboxylic acids is 2. The highest BCUT2D eigenvalue weighted by molar-refractivity contribution is 5.89. The van der Waals surface area contributed by atoms with Crippen molar-refractivity contribution in [2.75, 3.05) is 20.2 Å². The number of fused-ring (bicyclic) bond motifs is 1. The van der Waals surface area contributed by atoms with Gasteiger partial charge >= 0.3 is 11.9 Å². The number of carbonyl (C=O) groups is 2. The first-order chi connectivity index (χ1) is 13.3. The Kier molecular flexibility index (Phi) is 9.81. The van der Waals surface area contributed by atoms with Gasteiger partial charge in [-0.05, 0) is 57.0 Å². The lowest BCUT2D eigenvalue weighted by atomic mass is 10.1. The molecule has 1 heterocycles. The molecule has 7 heteroatoms. The first-order valence-corrected chi connectivity index (χ1v) is 9.30. The highest BCUT2D eigenvalue weighted by Gasteiger charge is 2.10. The van der Waals surface area contributed by atoms with Crippen molar-refractivity contribution in [1.29, 1.82) is 0 Å². The van der Waals surface area contributed by atoms with Gasteiger partial charge in [-0.3, -0.25) is 0 Å². The Balaban J connectivity index is 0.000000416. The van der Waals surface area contributed by atoms with Crippen molar-refractivity contribution in [1.82, 2.24) is 9.88 Å². The fourth-order valence-corrected chi connectivity index (χ4v) is 2.81. The third-order valence-electron chi connectivity index (χ3n) is 4.25. The van der Waals surface area contributed by atoms with Crippen LogP contribution in [0.4, 0.5) is 0 Å². The number of nitrogens with zero attached hydrogens (tertiary/aromatic N) is 1. The molecule has 28 heavy (non-hydrogen) atoms. The van der Waals surface area contributed by atoms with Crippen LogP contribution in [-0.2, 0) is 16.0 Å². The van der Waals surface area contributed by atoms with Crippen molar-refractivity contribution in [3.8, 4) is 5.75 Å². The van der Waals surface area contributed by atoms with Crippen molar-refractivity contribution < 1.29 is 24.5 Å². The number of hydrogen-bond donors (Lipinski definition) is 3. The zero-order valence-electron chi connectivity index (χ0n) is 16.9. The van der Waals surface area contributed by atoms with Gasteiger partial charge in [0.05, 0.1) is 7.11 Å². The Morgan fingerprint density at radius 3 is 2.32 bits per heavy atom. The Morgan fingerprint density at radius 2 is 1.82 bits per heavy atom. The molecule has 3 N–H and O–H groups in total. The highest BCUT2D eigenvalue weighted by atomic mass is 16.5. The minimum atomic E-state index is -1.26.